The first-order valence-corrected chi connectivity index (χ1v) is 4.93. The van der Waals surface area contributed by atoms with Gasteiger partial charge in [-0.05, 0) is 18.9 Å². The summed E-state index contributed by atoms with van der Waals surface area (Å²) in [6, 6.07) is 9.42. The van der Waals surface area contributed by atoms with E-state index in [0.717, 1.165) is 5.56 Å². The number of hydrogen-bond donors (Lipinski definition) is 0. The van der Waals surface area contributed by atoms with Gasteiger partial charge >= 0.3 is 5.97 Å². The Morgan fingerprint density at radius 2 is 2.07 bits per heavy atom. The van der Waals surface area contributed by atoms with Gasteiger partial charge < -0.3 is 9.53 Å². The van der Waals surface area contributed by atoms with Gasteiger partial charge in [0.15, 0.2) is 0 Å². The first kappa shape index (κ1) is 11.4. The van der Waals surface area contributed by atoms with Crippen molar-refractivity contribution >= 4 is 12.3 Å². The van der Waals surface area contributed by atoms with Gasteiger partial charge in [0.1, 0.15) is 12.2 Å². The Bertz CT molecular complexity index is 319. The summed E-state index contributed by atoms with van der Waals surface area (Å²) < 4.78 is 4.80. The fourth-order valence-corrected chi connectivity index (χ4v) is 1.30. The van der Waals surface area contributed by atoms with Crippen molar-refractivity contribution in [3.05, 3.63) is 35.9 Å². The lowest BCUT2D eigenvalue weighted by Gasteiger charge is -2.08. The average Bonchev–Trinajstić information content (AvgIpc) is 2.27. The second kappa shape index (κ2) is 5.96. The van der Waals surface area contributed by atoms with Crippen LogP contribution in [-0.4, -0.2) is 18.9 Å². The lowest BCUT2D eigenvalue weighted by atomic mass is 10.0. The van der Waals surface area contributed by atoms with Crippen LogP contribution in [0.15, 0.2) is 30.3 Å². The van der Waals surface area contributed by atoms with Crippen molar-refractivity contribution in [1.82, 2.24) is 0 Å². The molecule has 0 saturated heterocycles. The van der Waals surface area contributed by atoms with Crippen LogP contribution in [0.2, 0.25) is 0 Å². The molecule has 0 fully saturated rings. The number of carbonyl (C=O) groups is 2. The summed E-state index contributed by atoms with van der Waals surface area (Å²) in [7, 11) is 0. The van der Waals surface area contributed by atoms with Gasteiger partial charge in [0.25, 0.3) is 0 Å². The lowest BCUT2D eigenvalue weighted by molar-refractivity contribution is -0.149. The molecule has 3 heteroatoms. The van der Waals surface area contributed by atoms with Gasteiger partial charge in [-0.2, -0.15) is 0 Å². The third kappa shape index (κ3) is 3.54. The standard InChI is InChI=1S/C12H14O3/c1-2-15-12(14)11(9-13)8-10-6-4-3-5-7-10/h3-7,9,11H,2,8H2,1H3. The number of carbonyl (C=O) groups excluding carboxylic acids is 2. The Morgan fingerprint density at radius 1 is 1.40 bits per heavy atom. The Balaban J connectivity index is 2.62. The first-order valence-electron chi connectivity index (χ1n) is 4.93. The van der Waals surface area contributed by atoms with Crippen LogP contribution in [0, 0.1) is 5.92 Å². The number of hydrogen-bond acceptors (Lipinski definition) is 3. The largest absolute Gasteiger partial charge is 0.465 e. The summed E-state index contributed by atoms with van der Waals surface area (Å²) in [6.45, 7) is 2.03. The van der Waals surface area contributed by atoms with Gasteiger partial charge in [0, 0.05) is 0 Å². The third-order valence-electron chi connectivity index (χ3n) is 2.05. The van der Waals surface area contributed by atoms with E-state index in [1.54, 1.807) is 6.92 Å². The molecule has 0 heterocycles. The molecule has 0 aromatic heterocycles. The smallest absolute Gasteiger partial charge is 0.316 e. The van der Waals surface area contributed by atoms with E-state index in [4.69, 9.17) is 4.74 Å². The van der Waals surface area contributed by atoms with Crippen LogP contribution in [0.25, 0.3) is 0 Å². The van der Waals surface area contributed by atoms with E-state index < -0.39 is 11.9 Å². The highest BCUT2D eigenvalue weighted by atomic mass is 16.5. The molecule has 0 aliphatic carbocycles. The minimum absolute atomic E-state index is 0.304. The normalized spacial score (nSPS) is 11.8. The maximum absolute atomic E-state index is 11.3. The zero-order chi connectivity index (χ0) is 11.1. The Hall–Kier alpha value is -1.64. The highest BCUT2D eigenvalue weighted by Crippen LogP contribution is 2.08. The SMILES string of the molecule is CCOC(=O)C(C=O)Cc1ccccc1. The van der Waals surface area contributed by atoms with Gasteiger partial charge in [-0.15, -0.1) is 0 Å². The van der Waals surface area contributed by atoms with Gasteiger partial charge in [0.2, 0.25) is 0 Å². The van der Waals surface area contributed by atoms with Crippen LogP contribution < -0.4 is 0 Å². The number of rotatable bonds is 5. The molecule has 0 radical (unpaired) electrons. The first-order chi connectivity index (χ1) is 7.27. The van der Waals surface area contributed by atoms with E-state index in [0.29, 0.717) is 19.3 Å². The van der Waals surface area contributed by atoms with Crippen LogP contribution in [0.3, 0.4) is 0 Å². The molecule has 1 aromatic rings. The maximum atomic E-state index is 11.3. The van der Waals surface area contributed by atoms with Crippen molar-refractivity contribution < 1.29 is 14.3 Å². The minimum atomic E-state index is -0.688. The lowest BCUT2D eigenvalue weighted by Crippen LogP contribution is -2.21. The molecule has 1 unspecified atom stereocenters. The molecule has 1 atom stereocenters. The van der Waals surface area contributed by atoms with Gasteiger partial charge in [-0.25, -0.2) is 0 Å². The van der Waals surface area contributed by atoms with Gasteiger partial charge in [0.05, 0.1) is 6.61 Å². The summed E-state index contributed by atoms with van der Waals surface area (Å²) >= 11 is 0. The van der Waals surface area contributed by atoms with E-state index in [1.807, 2.05) is 30.3 Å². The van der Waals surface area contributed by atoms with Crippen LogP contribution in [0.1, 0.15) is 12.5 Å². The van der Waals surface area contributed by atoms with Crippen LogP contribution >= 0.6 is 0 Å². The van der Waals surface area contributed by atoms with Crippen molar-refractivity contribution in [2.45, 2.75) is 13.3 Å². The fourth-order valence-electron chi connectivity index (χ4n) is 1.30. The number of ether oxygens (including phenoxy) is 1. The Kier molecular flexibility index (Phi) is 4.54. The molecule has 0 N–H and O–H groups in total. The van der Waals surface area contributed by atoms with Crippen molar-refractivity contribution in [3.8, 4) is 0 Å². The molecule has 0 bridgehead atoms. The van der Waals surface area contributed by atoms with Crippen molar-refractivity contribution in [2.75, 3.05) is 6.61 Å². The summed E-state index contributed by atoms with van der Waals surface area (Å²) in [6.07, 6.45) is 1.05. The summed E-state index contributed by atoms with van der Waals surface area (Å²) in [5.41, 5.74) is 0.961. The van der Waals surface area contributed by atoms with Gasteiger partial charge in [-0.3, -0.25) is 4.79 Å². The molecule has 0 saturated carbocycles. The van der Waals surface area contributed by atoms with Crippen molar-refractivity contribution in [2.24, 2.45) is 5.92 Å². The van der Waals surface area contributed by atoms with Crippen LogP contribution in [0.5, 0.6) is 0 Å². The monoisotopic (exact) mass is 206 g/mol. The zero-order valence-electron chi connectivity index (χ0n) is 8.68. The quantitative estimate of drug-likeness (QED) is 0.417. The highest BCUT2D eigenvalue weighted by molar-refractivity contribution is 5.88. The van der Waals surface area contributed by atoms with E-state index in [9.17, 15) is 9.59 Å². The summed E-state index contributed by atoms with van der Waals surface area (Å²) in [5, 5.41) is 0. The Morgan fingerprint density at radius 3 is 2.60 bits per heavy atom. The second-order valence-electron chi connectivity index (χ2n) is 3.18. The highest BCUT2D eigenvalue weighted by Gasteiger charge is 2.18. The molecule has 0 aliphatic heterocycles. The minimum Gasteiger partial charge on any atom is -0.465 e. The van der Waals surface area contributed by atoms with Crippen molar-refractivity contribution in [1.29, 1.82) is 0 Å². The van der Waals surface area contributed by atoms with Crippen LogP contribution in [-0.2, 0) is 20.7 Å². The predicted octanol–water partition coefficient (Wildman–Crippen LogP) is 1.61. The molecular weight excluding hydrogens is 192 g/mol. The average molecular weight is 206 g/mol. The van der Waals surface area contributed by atoms with E-state index in [2.05, 4.69) is 0 Å². The van der Waals surface area contributed by atoms with E-state index in [-0.39, 0.29) is 0 Å². The number of aldehydes is 1. The summed E-state index contributed by atoms with van der Waals surface area (Å²) in [5.74, 6) is -1.14. The predicted molar refractivity (Wildman–Crippen MR) is 56.3 cm³/mol. The molecule has 0 amide bonds. The van der Waals surface area contributed by atoms with Crippen molar-refractivity contribution in [3.63, 3.8) is 0 Å². The molecule has 0 aliphatic rings. The molecule has 3 nitrogen and oxygen atoms in total. The molecule has 80 valence electrons. The van der Waals surface area contributed by atoms with E-state index >= 15 is 0 Å². The molecule has 15 heavy (non-hydrogen) atoms. The molecule has 1 aromatic carbocycles. The summed E-state index contributed by atoms with van der Waals surface area (Å²) in [4.78, 5) is 22.1. The van der Waals surface area contributed by atoms with Gasteiger partial charge in [-0.1, -0.05) is 30.3 Å². The molecule has 1 rings (SSSR count). The fraction of sp³-hybridized carbons (Fsp3) is 0.333. The zero-order valence-corrected chi connectivity index (χ0v) is 8.68. The number of esters is 1. The maximum Gasteiger partial charge on any atom is 0.316 e. The Labute approximate surface area is 89.1 Å². The second-order valence-corrected chi connectivity index (χ2v) is 3.18. The molecular formula is C12H14O3. The third-order valence-corrected chi connectivity index (χ3v) is 2.05. The van der Waals surface area contributed by atoms with Crippen LogP contribution in [0.4, 0.5) is 0 Å². The van der Waals surface area contributed by atoms with E-state index in [1.165, 1.54) is 0 Å². The number of benzene rings is 1. The molecule has 0 spiro atoms. The topological polar surface area (TPSA) is 43.4 Å².